The maximum absolute atomic E-state index is 12.2. The summed E-state index contributed by atoms with van der Waals surface area (Å²) in [6.07, 6.45) is -4.69. The van der Waals surface area contributed by atoms with Gasteiger partial charge in [0.25, 0.3) is 0 Å². The number of alkyl halides is 3. The molecule has 1 unspecified atom stereocenters. The lowest BCUT2D eigenvalue weighted by Crippen LogP contribution is -2.17. The number of halogens is 4. The molecule has 0 aliphatic rings. The Morgan fingerprint density at radius 1 is 1.30 bits per heavy atom. The molecule has 1 heterocycles. The van der Waals surface area contributed by atoms with Crippen molar-refractivity contribution in [3.05, 3.63) is 45.1 Å². The lowest BCUT2D eigenvalue weighted by atomic mass is 10.2. The molecule has 0 fully saturated rings. The first kappa shape index (κ1) is 15.2. The molecule has 0 spiro atoms. The number of hydrogen-bond donors (Lipinski definition) is 1. The molecule has 0 amide bonds. The number of hydrogen-bond acceptors (Lipinski definition) is 3. The van der Waals surface area contributed by atoms with E-state index in [0.717, 1.165) is 4.88 Å². The average molecular weight is 366 g/mol. The predicted molar refractivity (Wildman–Crippen MR) is 77.2 cm³/mol. The highest BCUT2D eigenvalue weighted by Crippen LogP contribution is 2.33. The molecule has 2 nitrogen and oxygen atoms in total. The van der Waals surface area contributed by atoms with Gasteiger partial charge in [-0.3, -0.25) is 0 Å². The number of nitrogens with one attached hydrogen (secondary N) is 1. The van der Waals surface area contributed by atoms with Crippen LogP contribution in [0.1, 0.15) is 17.8 Å². The van der Waals surface area contributed by atoms with Crippen molar-refractivity contribution in [3.8, 4) is 5.75 Å². The summed E-state index contributed by atoms with van der Waals surface area (Å²) in [5.41, 5.74) is 0.715. The first-order valence-corrected chi connectivity index (χ1v) is 7.37. The summed E-state index contributed by atoms with van der Waals surface area (Å²) in [7, 11) is 0. The van der Waals surface area contributed by atoms with Gasteiger partial charge in [-0.05, 0) is 52.5 Å². The predicted octanol–water partition coefficient (Wildman–Crippen LogP) is 5.58. The van der Waals surface area contributed by atoms with E-state index in [2.05, 4.69) is 26.0 Å². The molecule has 0 aliphatic heterocycles. The van der Waals surface area contributed by atoms with Crippen molar-refractivity contribution in [1.29, 1.82) is 0 Å². The van der Waals surface area contributed by atoms with Gasteiger partial charge in [-0.2, -0.15) is 0 Å². The summed E-state index contributed by atoms with van der Waals surface area (Å²) < 4.78 is 40.6. The molecule has 20 heavy (non-hydrogen) atoms. The topological polar surface area (TPSA) is 21.3 Å². The number of anilines is 1. The Morgan fingerprint density at radius 3 is 2.60 bits per heavy atom. The smallest absolute Gasteiger partial charge is 0.405 e. The quantitative estimate of drug-likeness (QED) is 0.763. The standard InChI is InChI=1S/C13H11BrF3NOS/c1-8(12-3-2-6-20-12)18-9-4-5-11(10(14)7-9)19-13(15,16)17/h2-8,18H,1H3. The van der Waals surface area contributed by atoms with Crippen LogP contribution in [0, 0.1) is 0 Å². The van der Waals surface area contributed by atoms with Crippen molar-refractivity contribution in [1.82, 2.24) is 0 Å². The zero-order valence-corrected chi connectivity index (χ0v) is 12.8. The van der Waals surface area contributed by atoms with Gasteiger partial charge in [0.15, 0.2) is 0 Å². The third-order valence-corrected chi connectivity index (χ3v) is 4.19. The molecule has 1 aromatic heterocycles. The van der Waals surface area contributed by atoms with Crippen LogP contribution in [0.25, 0.3) is 0 Å². The summed E-state index contributed by atoms with van der Waals surface area (Å²) in [5, 5.41) is 5.19. The lowest BCUT2D eigenvalue weighted by molar-refractivity contribution is -0.274. The Labute approximate surface area is 126 Å². The van der Waals surface area contributed by atoms with Crippen LogP contribution in [0.2, 0.25) is 0 Å². The third kappa shape index (κ3) is 4.14. The van der Waals surface area contributed by atoms with Crippen molar-refractivity contribution >= 4 is 33.0 Å². The van der Waals surface area contributed by atoms with Gasteiger partial charge in [0.1, 0.15) is 5.75 Å². The normalized spacial score (nSPS) is 13.1. The van der Waals surface area contributed by atoms with Crippen molar-refractivity contribution in [2.24, 2.45) is 0 Å². The van der Waals surface area contributed by atoms with Gasteiger partial charge in [0.2, 0.25) is 0 Å². The van der Waals surface area contributed by atoms with E-state index >= 15 is 0 Å². The van der Waals surface area contributed by atoms with Crippen LogP contribution in [-0.4, -0.2) is 6.36 Å². The summed E-state index contributed by atoms with van der Waals surface area (Å²) in [4.78, 5) is 1.15. The molecule has 0 radical (unpaired) electrons. The monoisotopic (exact) mass is 365 g/mol. The fourth-order valence-corrected chi connectivity index (χ4v) is 2.85. The fourth-order valence-electron chi connectivity index (χ4n) is 1.66. The maximum atomic E-state index is 12.2. The Morgan fingerprint density at radius 2 is 2.05 bits per heavy atom. The molecule has 0 aliphatic carbocycles. The number of rotatable bonds is 4. The van der Waals surface area contributed by atoms with Crippen molar-refractivity contribution in [3.63, 3.8) is 0 Å². The Balaban J connectivity index is 2.09. The van der Waals surface area contributed by atoms with Gasteiger partial charge >= 0.3 is 6.36 Å². The van der Waals surface area contributed by atoms with Gasteiger partial charge in [0.05, 0.1) is 10.5 Å². The van der Waals surface area contributed by atoms with E-state index in [9.17, 15) is 13.2 Å². The Bertz CT molecular complexity index is 571. The molecule has 2 rings (SSSR count). The van der Waals surface area contributed by atoms with E-state index in [-0.39, 0.29) is 16.3 Å². The maximum Gasteiger partial charge on any atom is 0.573 e. The second-order valence-electron chi connectivity index (χ2n) is 4.07. The van der Waals surface area contributed by atoms with Crippen LogP contribution in [0.4, 0.5) is 18.9 Å². The zero-order valence-electron chi connectivity index (χ0n) is 10.4. The van der Waals surface area contributed by atoms with Gasteiger partial charge in [-0.25, -0.2) is 0 Å². The van der Waals surface area contributed by atoms with Crippen LogP contribution < -0.4 is 10.1 Å². The Hall–Kier alpha value is -1.21. The third-order valence-electron chi connectivity index (χ3n) is 2.51. The number of thiophene rings is 1. The summed E-state index contributed by atoms with van der Waals surface area (Å²) in [5.74, 6) is -0.258. The summed E-state index contributed by atoms with van der Waals surface area (Å²) >= 11 is 4.69. The molecule has 1 aromatic carbocycles. The van der Waals surface area contributed by atoms with E-state index in [4.69, 9.17) is 0 Å². The molecule has 0 saturated heterocycles. The first-order valence-electron chi connectivity index (χ1n) is 5.70. The van der Waals surface area contributed by atoms with Crippen LogP contribution in [0.15, 0.2) is 40.2 Å². The Kier molecular flexibility index (Phi) is 4.59. The van der Waals surface area contributed by atoms with Crippen molar-refractivity contribution < 1.29 is 17.9 Å². The molecule has 2 aromatic rings. The van der Waals surface area contributed by atoms with Crippen molar-refractivity contribution in [2.75, 3.05) is 5.32 Å². The van der Waals surface area contributed by atoms with Gasteiger partial charge in [-0.1, -0.05) is 6.07 Å². The van der Waals surface area contributed by atoms with Gasteiger partial charge < -0.3 is 10.1 Å². The van der Waals surface area contributed by atoms with E-state index in [1.807, 2.05) is 24.4 Å². The number of ether oxygens (including phenoxy) is 1. The minimum absolute atomic E-state index is 0.0799. The van der Waals surface area contributed by atoms with Crippen LogP contribution in [0.3, 0.4) is 0 Å². The lowest BCUT2D eigenvalue weighted by Gasteiger charge is -2.16. The minimum atomic E-state index is -4.69. The van der Waals surface area contributed by atoms with E-state index in [0.29, 0.717) is 5.69 Å². The van der Waals surface area contributed by atoms with Gasteiger partial charge in [0, 0.05) is 10.6 Å². The summed E-state index contributed by atoms with van der Waals surface area (Å²) in [6.45, 7) is 1.99. The van der Waals surface area contributed by atoms with Crippen LogP contribution in [0.5, 0.6) is 5.75 Å². The first-order chi connectivity index (χ1) is 9.35. The second-order valence-corrected chi connectivity index (χ2v) is 5.91. The molecule has 1 atom stereocenters. The van der Waals surface area contributed by atoms with E-state index in [1.54, 1.807) is 23.5 Å². The fraction of sp³-hybridized carbons (Fsp3) is 0.231. The van der Waals surface area contributed by atoms with E-state index < -0.39 is 6.36 Å². The average Bonchev–Trinajstić information content (AvgIpc) is 2.85. The largest absolute Gasteiger partial charge is 0.573 e. The molecular weight excluding hydrogens is 355 g/mol. The van der Waals surface area contributed by atoms with Crippen LogP contribution in [-0.2, 0) is 0 Å². The molecular formula is C13H11BrF3NOS. The molecule has 108 valence electrons. The summed E-state index contributed by atoms with van der Waals surface area (Å²) in [6, 6.07) is 8.42. The molecule has 1 N–H and O–H groups in total. The highest BCUT2D eigenvalue weighted by atomic mass is 79.9. The van der Waals surface area contributed by atoms with Crippen LogP contribution >= 0.6 is 27.3 Å². The second kappa shape index (κ2) is 6.05. The zero-order chi connectivity index (χ0) is 14.8. The highest BCUT2D eigenvalue weighted by Gasteiger charge is 2.31. The van der Waals surface area contributed by atoms with E-state index in [1.165, 1.54) is 6.07 Å². The number of benzene rings is 1. The van der Waals surface area contributed by atoms with Crippen molar-refractivity contribution in [2.45, 2.75) is 19.3 Å². The highest BCUT2D eigenvalue weighted by molar-refractivity contribution is 9.10. The minimum Gasteiger partial charge on any atom is -0.405 e. The molecule has 0 saturated carbocycles. The SMILES string of the molecule is CC(Nc1ccc(OC(F)(F)F)c(Br)c1)c1cccs1. The molecule has 7 heteroatoms. The van der Waals surface area contributed by atoms with Gasteiger partial charge in [-0.15, -0.1) is 24.5 Å². The molecule has 0 bridgehead atoms.